The first-order chi connectivity index (χ1) is 10.6. The molecule has 0 fully saturated rings. The first-order valence-electron chi connectivity index (χ1n) is 7.29. The molecule has 0 aliphatic carbocycles. The van der Waals surface area contributed by atoms with Crippen LogP contribution in [0.25, 0.3) is 0 Å². The van der Waals surface area contributed by atoms with Crippen LogP contribution in [0.3, 0.4) is 0 Å². The Balaban J connectivity index is 1.88. The summed E-state index contributed by atoms with van der Waals surface area (Å²) >= 11 is 0. The quantitative estimate of drug-likeness (QED) is 0.774. The van der Waals surface area contributed by atoms with Gasteiger partial charge in [0.25, 0.3) is 5.91 Å². The molecule has 0 saturated heterocycles. The molecular formula is C16H22N4O2. The summed E-state index contributed by atoms with van der Waals surface area (Å²) in [7, 11) is 0. The maximum atomic E-state index is 10.7. The lowest BCUT2D eigenvalue weighted by Gasteiger charge is -2.22. The molecule has 0 radical (unpaired) electrons. The lowest BCUT2D eigenvalue weighted by atomic mass is 10.1. The Bertz CT molecular complexity index is 598. The fraction of sp³-hybridized carbons (Fsp3) is 0.375. The predicted octanol–water partition coefficient (Wildman–Crippen LogP) is 1.49. The molecule has 0 saturated carbocycles. The van der Waals surface area contributed by atoms with E-state index in [-0.39, 0.29) is 18.7 Å². The van der Waals surface area contributed by atoms with E-state index in [4.69, 9.17) is 10.5 Å². The summed E-state index contributed by atoms with van der Waals surface area (Å²) in [6.07, 6.45) is 3.74. The van der Waals surface area contributed by atoms with Gasteiger partial charge in [-0.1, -0.05) is 12.1 Å². The largest absolute Gasteiger partial charge is 0.484 e. The minimum atomic E-state index is -0.481. The number of nitrogens with zero attached hydrogens (tertiary/aromatic N) is 2. The Morgan fingerprint density at radius 1 is 1.41 bits per heavy atom. The molecule has 0 aliphatic rings. The second kappa shape index (κ2) is 7.61. The molecule has 1 aromatic heterocycles. The average molecular weight is 302 g/mol. The van der Waals surface area contributed by atoms with E-state index in [9.17, 15) is 4.79 Å². The number of primary amides is 1. The highest BCUT2D eigenvalue weighted by Crippen LogP contribution is 2.14. The van der Waals surface area contributed by atoms with Crippen molar-refractivity contribution in [3.8, 4) is 5.75 Å². The monoisotopic (exact) mass is 302 g/mol. The third-order valence-corrected chi connectivity index (χ3v) is 3.57. The van der Waals surface area contributed by atoms with Crippen molar-refractivity contribution in [3.05, 3.63) is 48.3 Å². The highest BCUT2D eigenvalue weighted by Gasteiger charge is 2.13. The zero-order chi connectivity index (χ0) is 15.9. The standard InChI is InChI=1S/C16H22N4O2/c1-12(13(2)20-8-4-7-19-20)18-10-14-5-3-6-15(9-14)22-11-16(17)21/h3-9,12-13,18H,10-11H2,1-2H3,(H2,17,21)/t12-,13+/m0/s1. The molecule has 2 atom stereocenters. The number of rotatable bonds is 8. The third-order valence-electron chi connectivity index (χ3n) is 3.57. The van der Waals surface area contributed by atoms with Crippen molar-refractivity contribution in [3.63, 3.8) is 0 Å². The van der Waals surface area contributed by atoms with Gasteiger partial charge in [0.1, 0.15) is 5.75 Å². The van der Waals surface area contributed by atoms with Gasteiger partial charge in [-0.2, -0.15) is 5.10 Å². The molecule has 0 bridgehead atoms. The van der Waals surface area contributed by atoms with Crippen LogP contribution in [0.4, 0.5) is 0 Å². The zero-order valence-electron chi connectivity index (χ0n) is 12.9. The number of hydrogen-bond donors (Lipinski definition) is 2. The topological polar surface area (TPSA) is 82.2 Å². The van der Waals surface area contributed by atoms with Crippen LogP contribution in [0.5, 0.6) is 5.75 Å². The van der Waals surface area contributed by atoms with Crippen molar-refractivity contribution in [1.82, 2.24) is 15.1 Å². The van der Waals surface area contributed by atoms with Crippen molar-refractivity contribution >= 4 is 5.91 Å². The van der Waals surface area contributed by atoms with Gasteiger partial charge in [-0.3, -0.25) is 9.48 Å². The highest BCUT2D eigenvalue weighted by molar-refractivity contribution is 5.75. The maximum Gasteiger partial charge on any atom is 0.255 e. The normalized spacial score (nSPS) is 13.5. The molecule has 118 valence electrons. The van der Waals surface area contributed by atoms with Crippen molar-refractivity contribution < 1.29 is 9.53 Å². The fourth-order valence-electron chi connectivity index (χ4n) is 2.10. The van der Waals surface area contributed by atoms with Gasteiger partial charge in [0.2, 0.25) is 0 Å². The summed E-state index contributed by atoms with van der Waals surface area (Å²) in [6.45, 7) is 4.85. The van der Waals surface area contributed by atoms with E-state index in [2.05, 4.69) is 24.3 Å². The number of benzene rings is 1. The van der Waals surface area contributed by atoms with Crippen LogP contribution >= 0.6 is 0 Å². The van der Waals surface area contributed by atoms with Crippen LogP contribution in [0, 0.1) is 0 Å². The number of carbonyl (C=O) groups is 1. The van der Waals surface area contributed by atoms with Gasteiger partial charge in [-0.25, -0.2) is 0 Å². The molecule has 2 aromatic rings. The summed E-state index contributed by atoms with van der Waals surface area (Å²) in [5.74, 6) is 0.163. The average Bonchev–Trinajstić information content (AvgIpc) is 3.04. The summed E-state index contributed by atoms with van der Waals surface area (Å²) in [5.41, 5.74) is 6.16. The molecular weight excluding hydrogens is 280 g/mol. The molecule has 6 heteroatoms. The molecule has 0 unspecified atom stereocenters. The first-order valence-corrected chi connectivity index (χ1v) is 7.29. The Kier molecular flexibility index (Phi) is 5.55. The summed E-state index contributed by atoms with van der Waals surface area (Å²) < 4.78 is 7.24. The molecule has 0 aliphatic heterocycles. The number of hydrogen-bond acceptors (Lipinski definition) is 4. The molecule has 22 heavy (non-hydrogen) atoms. The van der Waals surface area contributed by atoms with Crippen molar-refractivity contribution in [2.24, 2.45) is 5.73 Å². The van der Waals surface area contributed by atoms with E-state index < -0.39 is 5.91 Å². The lowest BCUT2D eigenvalue weighted by molar-refractivity contribution is -0.119. The lowest BCUT2D eigenvalue weighted by Crippen LogP contribution is -2.33. The van der Waals surface area contributed by atoms with Gasteiger partial charge in [0.15, 0.2) is 6.61 Å². The van der Waals surface area contributed by atoms with Crippen LogP contribution < -0.4 is 15.8 Å². The number of ether oxygens (including phenoxy) is 1. The fourth-order valence-corrected chi connectivity index (χ4v) is 2.10. The molecule has 1 aromatic carbocycles. The van der Waals surface area contributed by atoms with Crippen LogP contribution in [0.2, 0.25) is 0 Å². The number of amides is 1. The van der Waals surface area contributed by atoms with E-state index in [1.165, 1.54) is 0 Å². The van der Waals surface area contributed by atoms with E-state index in [0.29, 0.717) is 12.3 Å². The minimum absolute atomic E-state index is 0.108. The van der Waals surface area contributed by atoms with Crippen molar-refractivity contribution in [1.29, 1.82) is 0 Å². The maximum absolute atomic E-state index is 10.7. The van der Waals surface area contributed by atoms with Crippen molar-refractivity contribution in [2.45, 2.75) is 32.5 Å². The second-order valence-electron chi connectivity index (χ2n) is 5.30. The zero-order valence-corrected chi connectivity index (χ0v) is 12.9. The second-order valence-corrected chi connectivity index (χ2v) is 5.30. The molecule has 1 amide bonds. The molecule has 1 heterocycles. The molecule has 2 rings (SSSR count). The van der Waals surface area contributed by atoms with Gasteiger partial charge in [0, 0.05) is 25.0 Å². The SMILES string of the molecule is C[C@H](NCc1cccc(OCC(N)=O)c1)[C@@H](C)n1cccn1. The highest BCUT2D eigenvalue weighted by atomic mass is 16.5. The van der Waals surface area contributed by atoms with E-state index in [0.717, 1.165) is 5.56 Å². The third kappa shape index (κ3) is 4.60. The van der Waals surface area contributed by atoms with Gasteiger partial charge in [-0.05, 0) is 37.6 Å². The van der Waals surface area contributed by atoms with Gasteiger partial charge < -0.3 is 15.8 Å². The Morgan fingerprint density at radius 2 is 2.23 bits per heavy atom. The van der Waals surface area contributed by atoms with Gasteiger partial charge in [0.05, 0.1) is 6.04 Å². The van der Waals surface area contributed by atoms with E-state index in [1.807, 2.05) is 41.2 Å². The smallest absolute Gasteiger partial charge is 0.255 e. The molecule has 3 N–H and O–H groups in total. The number of aromatic nitrogens is 2. The van der Waals surface area contributed by atoms with Crippen LogP contribution in [0.1, 0.15) is 25.5 Å². The van der Waals surface area contributed by atoms with Crippen LogP contribution in [-0.4, -0.2) is 28.3 Å². The number of carbonyl (C=O) groups excluding carboxylic acids is 1. The van der Waals surface area contributed by atoms with E-state index >= 15 is 0 Å². The van der Waals surface area contributed by atoms with Gasteiger partial charge >= 0.3 is 0 Å². The summed E-state index contributed by atoms with van der Waals surface area (Å²) in [6, 6.07) is 10.1. The predicted molar refractivity (Wildman–Crippen MR) is 84.4 cm³/mol. The summed E-state index contributed by atoms with van der Waals surface area (Å²) in [4.78, 5) is 10.7. The molecule has 0 spiro atoms. The minimum Gasteiger partial charge on any atom is -0.484 e. The van der Waals surface area contributed by atoms with Crippen molar-refractivity contribution in [2.75, 3.05) is 6.61 Å². The number of nitrogens with two attached hydrogens (primary N) is 1. The Labute approximate surface area is 130 Å². The van der Waals surface area contributed by atoms with Gasteiger partial charge in [-0.15, -0.1) is 0 Å². The Morgan fingerprint density at radius 3 is 2.91 bits per heavy atom. The Hall–Kier alpha value is -2.34. The van der Waals surface area contributed by atoms with E-state index in [1.54, 1.807) is 6.20 Å². The number of nitrogens with one attached hydrogen (secondary N) is 1. The van der Waals surface area contributed by atoms with Crippen LogP contribution in [-0.2, 0) is 11.3 Å². The first kappa shape index (κ1) is 16.0. The van der Waals surface area contributed by atoms with Crippen LogP contribution in [0.15, 0.2) is 42.7 Å². The summed E-state index contributed by atoms with van der Waals surface area (Å²) in [5, 5.41) is 7.73. The molecule has 6 nitrogen and oxygen atoms in total.